The van der Waals surface area contributed by atoms with Crippen LogP contribution < -0.4 is 20.4 Å². The Morgan fingerprint density at radius 3 is 2.37 bits per heavy atom. The predicted octanol–water partition coefficient (Wildman–Crippen LogP) is 2.76. The molecule has 1 atom stereocenters. The standard InChI is InChI=1S/C19H14Br2N4O4S/c20-11-1-5-13(6-2-11)25-18(28)15(17(27)23-19(25)30)9-22-24-16(26)10-29-14-7-3-12(21)4-8-14/h1-9,15H,10H2,(H,24,26)(H,23,27,30)/b22-9-/t15-/m1/s1. The van der Waals surface area contributed by atoms with E-state index in [0.717, 1.165) is 15.2 Å². The Morgan fingerprint density at radius 2 is 1.73 bits per heavy atom. The maximum atomic E-state index is 12.8. The Labute approximate surface area is 193 Å². The first-order chi connectivity index (χ1) is 14.3. The molecule has 3 amide bonds. The van der Waals surface area contributed by atoms with E-state index in [4.69, 9.17) is 17.0 Å². The minimum Gasteiger partial charge on any atom is -0.484 e. The van der Waals surface area contributed by atoms with Gasteiger partial charge in [-0.2, -0.15) is 5.10 Å². The number of halogens is 2. The number of nitrogens with one attached hydrogen (secondary N) is 2. The van der Waals surface area contributed by atoms with Gasteiger partial charge in [0.05, 0.1) is 5.69 Å². The molecule has 0 radical (unpaired) electrons. The maximum Gasteiger partial charge on any atom is 0.277 e. The van der Waals surface area contributed by atoms with Crippen LogP contribution in [-0.2, 0) is 14.4 Å². The van der Waals surface area contributed by atoms with Gasteiger partial charge in [-0.05, 0) is 60.7 Å². The van der Waals surface area contributed by atoms with Gasteiger partial charge in [0.2, 0.25) is 5.91 Å². The van der Waals surface area contributed by atoms with Crippen molar-refractivity contribution in [1.82, 2.24) is 10.7 Å². The number of carbonyl (C=O) groups excluding carboxylic acids is 3. The summed E-state index contributed by atoms with van der Waals surface area (Å²) in [6, 6.07) is 13.8. The van der Waals surface area contributed by atoms with Crippen molar-refractivity contribution < 1.29 is 19.1 Å². The molecule has 1 heterocycles. The van der Waals surface area contributed by atoms with Gasteiger partial charge in [0.25, 0.3) is 11.8 Å². The lowest BCUT2D eigenvalue weighted by Crippen LogP contribution is -2.58. The average molecular weight is 554 g/mol. The van der Waals surface area contributed by atoms with E-state index in [2.05, 4.69) is 47.7 Å². The van der Waals surface area contributed by atoms with Gasteiger partial charge in [-0.3, -0.25) is 19.3 Å². The third kappa shape index (κ3) is 5.49. The third-order valence-corrected chi connectivity index (χ3v) is 5.23. The Bertz CT molecular complexity index is 1010. The van der Waals surface area contributed by atoms with Gasteiger partial charge in [0, 0.05) is 15.2 Å². The number of nitrogens with zero attached hydrogens (tertiary/aromatic N) is 2. The summed E-state index contributed by atoms with van der Waals surface area (Å²) in [5.41, 5.74) is 2.73. The zero-order chi connectivity index (χ0) is 21.7. The van der Waals surface area contributed by atoms with Crippen LogP contribution in [-0.4, -0.2) is 35.7 Å². The molecule has 8 nitrogen and oxygen atoms in total. The lowest BCUT2D eigenvalue weighted by atomic mass is 10.1. The summed E-state index contributed by atoms with van der Waals surface area (Å²) < 4.78 is 7.04. The van der Waals surface area contributed by atoms with Crippen LogP contribution >= 0.6 is 44.1 Å². The lowest BCUT2D eigenvalue weighted by molar-refractivity contribution is -0.130. The first-order valence-corrected chi connectivity index (χ1v) is 10.5. The molecule has 30 heavy (non-hydrogen) atoms. The number of anilines is 1. The van der Waals surface area contributed by atoms with Gasteiger partial charge in [-0.15, -0.1) is 0 Å². The Kier molecular flexibility index (Phi) is 7.29. The molecule has 0 aliphatic carbocycles. The number of ether oxygens (including phenoxy) is 1. The molecular weight excluding hydrogens is 540 g/mol. The van der Waals surface area contributed by atoms with Gasteiger partial charge in [-0.1, -0.05) is 31.9 Å². The molecule has 0 bridgehead atoms. The Hall–Kier alpha value is -2.63. The molecular formula is C19H14Br2N4O4S. The highest BCUT2D eigenvalue weighted by molar-refractivity contribution is 9.10. The fraction of sp³-hybridized carbons (Fsp3) is 0.105. The Morgan fingerprint density at radius 1 is 1.13 bits per heavy atom. The van der Waals surface area contributed by atoms with Gasteiger partial charge < -0.3 is 10.1 Å². The zero-order valence-electron chi connectivity index (χ0n) is 15.2. The predicted molar refractivity (Wildman–Crippen MR) is 122 cm³/mol. The molecule has 154 valence electrons. The molecule has 0 unspecified atom stereocenters. The highest BCUT2D eigenvalue weighted by Crippen LogP contribution is 2.22. The first kappa shape index (κ1) is 22.1. The van der Waals surface area contributed by atoms with Crippen LogP contribution in [0.4, 0.5) is 5.69 Å². The molecule has 1 saturated heterocycles. The number of benzene rings is 2. The van der Waals surface area contributed by atoms with E-state index >= 15 is 0 Å². The molecule has 1 aliphatic rings. The quantitative estimate of drug-likeness (QED) is 0.248. The van der Waals surface area contributed by atoms with Crippen molar-refractivity contribution in [3.8, 4) is 5.75 Å². The van der Waals surface area contributed by atoms with Crippen LogP contribution in [0.2, 0.25) is 0 Å². The number of thiocarbonyl (C=S) groups is 1. The minimum atomic E-state index is -1.24. The average Bonchev–Trinajstić information content (AvgIpc) is 2.71. The van der Waals surface area contributed by atoms with Crippen molar-refractivity contribution in [2.75, 3.05) is 11.5 Å². The van der Waals surface area contributed by atoms with Crippen molar-refractivity contribution in [2.45, 2.75) is 0 Å². The summed E-state index contributed by atoms with van der Waals surface area (Å²) >= 11 is 11.7. The smallest absolute Gasteiger partial charge is 0.277 e. The van der Waals surface area contributed by atoms with Crippen molar-refractivity contribution in [3.63, 3.8) is 0 Å². The second-order valence-electron chi connectivity index (χ2n) is 5.98. The van der Waals surface area contributed by atoms with E-state index in [1.54, 1.807) is 48.5 Å². The highest BCUT2D eigenvalue weighted by atomic mass is 79.9. The number of rotatable bonds is 6. The molecule has 0 aromatic heterocycles. The van der Waals surface area contributed by atoms with E-state index in [9.17, 15) is 14.4 Å². The monoisotopic (exact) mass is 552 g/mol. The molecule has 1 aliphatic heterocycles. The van der Waals surface area contributed by atoms with Crippen molar-refractivity contribution >= 4 is 78.8 Å². The van der Waals surface area contributed by atoms with Crippen molar-refractivity contribution in [3.05, 3.63) is 57.5 Å². The second-order valence-corrected chi connectivity index (χ2v) is 8.20. The highest BCUT2D eigenvalue weighted by Gasteiger charge is 2.38. The van der Waals surface area contributed by atoms with E-state index in [-0.39, 0.29) is 11.7 Å². The third-order valence-electron chi connectivity index (χ3n) is 3.88. The SMILES string of the molecule is O=C(COc1ccc(Br)cc1)N/N=C\[C@@H]1C(=O)NC(=S)N(c2ccc(Br)cc2)C1=O. The van der Waals surface area contributed by atoms with E-state index < -0.39 is 23.6 Å². The largest absolute Gasteiger partial charge is 0.484 e. The molecule has 11 heteroatoms. The normalized spacial score (nSPS) is 16.5. The molecule has 0 saturated carbocycles. The number of hydrogen-bond donors (Lipinski definition) is 2. The summed E-state index contributed by atoms with van der Waals surface area (Å²) in [6.45, 7) is -0.279. The lowest BCUT2D eigenvalue weighted by Gasteiger charge is -2.30. The molecule has 1 fully saturated rings. The fourth-order valence-electron chi connectivity index (χ4n) is 2.45. The molecule has 3 rings (SSSR count). The fourth-order valence-corrected chi connectivity index (χ4v) is 3.28. The summed E-state index contributed by atoms with van der Waals surface area (Å²) in [4.78, 5) is 38.0. The molecule has 2 aromatic carbocycles. The zero-order valence-corrected chi connectivity index (χ0v) is 19.2. The summed E-state index contributed by atoms with van der Waals surface area (Å²) in [5.74, 6) is -2.47. The van der Waals surface area contributed by atoms with Crippen LogP contribution in [0.3, 0.4) is 0 Å². The summed E-state index contributed by atoms with van der Waals surface area (Å²) in [6.07, 6.45) is 1.06. The molecule has 0 spiro atoms. The molecule has 2 aromatic rings. The number of carbonyl (C=O) groups is 3. The number of amides is 3. The van der Waals surface area contributed by atoms with E-state index in [1.807, 2.05) is 0 Å². The first-order valence-electron chi connectivity index (χ1n) is 8.50. The van der Waals surface area contributed by atoms with Crippen LogP contribution in [0.15, 0.2) is 62.6 Å². The van der Waals surface area contributed by atoms with Crippen LogP contribution in [0.1, 0.15) is 0 Å². The maximum absolute atomic E-state index is 12.8. The van der Waals surface area contributed by atoms with E-state index in [1.165, 1.54) is 4.90 Å². The van der Waals surface area contributed by atoms with Crippen LogP contribution in [0.25, 0.3) is 0 Å². The summed E-state index contributed by atoms with van der Waals surface area (Å²) in [7, 11) is 0. The minimum absolute atomic E-state index is 0.0242. The van der Waals surface area contributed by atoms with Crippen LogP contribution in [0.5, 0.6) is 5.75 Å². The van der Waals surface area contributed by atoms with Gasteiger partial charge >= 0.3 is 0 Å². The van der Waals surface area contributed by atoms with Crippen molar-refractivity contribution in [1.29, 1.82) is 0 Å². The van der Waals surface area contributed by atoms with E-state index in [0.29, 0.717) is 11.4 Å². The number of hydrogen-bond acceptors (Lipinski definition) is 6. The summed E-state index contributed by atoms with van der Waals surface area (Å²) in [5, 5.41) is 6.16. The number of hydrazone groups is 1. The Balaban J connectivity index is 1.60. The second kappa shape index (κ2) is 9.92. The van der Waals surface area contributed by atoms with Gasteiger partial charge in [-0.25, -0.2) is 5.43 Å². The van der Waals surface area contributed by atoms with Crippen molar-refractivity contribution in [2.24, 2.45) is 11.0 Å². The van der Waals surface area contributed by atoms with Gasteiger partial charge in [0.15, 0.2) is 17.6 Å². The topological polar surface area (TPSA) is 100 Å². The molecule has 2 N–H and O–H groups in total. The van der Waals surface area contributed by atoms with Gasteiger partial charge in [0.1, 0.15) is 5.75 Å². The van der Waals surface area contributed by atoms with Crippen LogP contribution in [0, 0.1) is 5.92 Å².